The lowest BCUT2D eigenvalue weighted by atomic mass is 10.0. The first kappa shape index (κ1) is 16.4. The number of carbonyl (C=O) groups excluding carboxylic acids is 1. The second-order valence-electron chi connectivity index (χ2n) is 5.60. The summed E-state index contributed by atoms with van der Waals surface area (Å²) in [6.07, 6.45) is 4.90. The third kappa shape index (κ3) is 5.12. The van der Waals surface area contributed by atoms with Crippen LogP contribution in [0.2, 0.25) is 0 Å². The van der Waals surface area contributed by atoms with Crippen LogP contribution in [0.1, 0.15) is 43.0 Å². The maximum atomic E-state index is 12.1. The summed E-state index contributed by atoms with van der Waals surface area (Å²) in [6, 6.07) is 18.1. The van der Waals surface area contributed by atoms with Crippen molar-refractivity contribution < 1.29 is 4.79 Å². The molecule has 0 atom stereocenters. The summed E-state index contributed by atoms with van der Waals surface area (Å²) in [6.45, 7) is 3.56. The molecule has 0 aliphatic heterocycles. The lowest BCUT2D eigenvalue weighted by Gasteiger charge is -2.06. The number of unbranched alkanes of at least 4 members (excludes halogenated alkanes) is 3. The third-order valence-corrected chi connectivity index (χ3v) is 3.81. The van der Waals surface area contributed by atoms with Gasteiger partial charge in [0, 0.05) is 5.56 Å². The molecule has 2 nitrogen and oxygen atoms in total. The molecule has 0 bridgehead atoms. The van der Waals surface area contributed by atoms with Crippen molar-refractivity contribution in [2.45, 2.75) is 32.6 Å². The molecule has 0 amide bonds. The van der Waals surface area contributed by atoms with Crippen LogP contribution in [-0.2, 0) is 0 Å². The minimum Gasteiger partial charge on any atom is -0.310 e. The van der Waals surface area contributed by atoms with Crippen LogP contribution in [0.4, 0.5) is 0 Å². The van der Waals surface area contributed by atoms with Gasteiger partial charge in [0.25, 0.3) is 0 Å². The second-order valence-corrected chi connectivity index (χ2v) is 5.60. The molecule has 0 aromatic heterocycles. The third-order valence-electron chi connectivity index (χ3n) is 3.81. The number of benzene rings is 2. The van der Waals surface area contributed by atoms with E-state index in [1.165, 1.54) is 24.8 Å². The standard InChI is InChI=1S/C20H25NO/c1-2-3-4-8-15-21-16-20(22)19-13-11-18(12-14-19)17-9-6-5-7-10-17/h5-7,9-14,21H,2-4,8,15-16H2,1H3. The molecule has 0 heterocycles. The van der Waals surface area contributed by atoms with Crippen molar-refractivity contribution in [1.29, 1.82) is 0 Å². The highest BCUT2D eigenvalue weighted by atomic mass is 16.1. The number of nitrogens with one attached hydrogen (secondary N) is 1. The normalized spacial score (nSPS) is 10.6. The Morgan fingerprint density at radius 3 is 2.23 bits per heavy atom. The molecule has 0 aliphatic rings. The average Bonchev–Trinajstić information content (AvgIpc) is 2.59. The van der Waals surface area contributed by atoms with Crippen molar-refractivity contribution in [3.05, 3.63) is 60.2 Å². The number of carbonyl (C=O) groups is 1. The van der Waals surface area contributed by atoms with Crippen LogP contribution in [0.15, 0.2) is 54.6 Å². The van der Waals surface area contributed by atoms with E-state index in [4.69, 9.17) is 0 Å². The Bertz CT molecular complexity index is 560. The van der Waals surface area contributed by atoms with Crippen LogP contribution in [0.5, 0.6) is 0 Å². The van der Waals surface area contributed by atoms with Crippen LogP contribution in [0.25, 0.3) is 11.1 Å². The molecule has 22 heavy (non-hydrogen) atoms. The summed E-state index contributed by atoms with van der Waals surface area (Å²) in [5.74, 6) is 0.162. The maximum Gasteiger partial charge on any atom is 0.176 e. The zero-order valence-electron chi connectivity index (χ0n) is 13.3. The summed E-state index contributed by atoms with van der Waals surface area (Å²) in [4.78, 5) is 12.1. The first-order valence-electron chi connectivity index (χ1n) is 8.20. The molecule has 0 fully saturated rings. The molecule has 0 aliphatic carbocycles. The Morgan fingerprint density at radius 1 is 0.864 bits per heavy atom. The second kappa shape index (κ2) is 9.16. The monoisotopic (exact) mass is 295 g/mol. The van der Waals surface area contributed by atoms with Crippen LogP contribution in [0.3, 0.4) is 0 Å². The molecule has 1 N–H and O–H groups in total. The van der Waals surface area contributed by atoms with Gasteiger partial charge in [-0.2, -0.15) is 0 Å². The average molecular weight is 295 g/mol. The zero-order valence-corrected chi connectivity index (χ0v) is 13.3. The van der Waals surface area contributed by atoms with E-state index in [0.29, 0.717) is 6.54 Å². The predicted octanol–water partition coefficient (Wildman–Crippen LogP) is 4.71. The van der Waals surface area contributed by atoms with E-state index in [2.05, 4.69) is 24.4 Å². The fraction of sp³-hybridized carbons (Fsp3) is 0.350. The Hall–Kier alpha value is -1.93. The first-order valence-corrected chi connectivity index (χ1v) is 8.20. The van der Waals surface area contributed by atoms with Gasteiger partial charge in [-0.15, -0.1) is 0 Å². The summed E-state index contributed by atoms with van der Waals surface area (Å²) >= 11 is 0. The molecule has 2 rings (SSSR count). The fourth-order valence-electron chi connectivity index (χ4n) is 2.46. The largest absolute Gasteiger partial charge is 0.310 e. The molecule has 2 aromatic rings. The molecular weight excluding hydrogens is 270 g/mol. The van der Waals surface area contributed by atoms with Crippen molar-refractivity contribution in [3.8, 4) is 11.1 Å². The van der Waals surface area contributed by atoms with Crippen LogP contribution < -0.4 is 5.32 Å². The molecule has 0 saturated heterocycles. The van der Waals surface area contributed by atoms with E-state index >= 15 is 0 Å². The Balaban J connectivity index is 1.81. The quantitative estimate of drug-likeness (QED) is 0.536. The molecule has 2 heteroatoms. The minimum atomic E-state index is 0.162. The highest BCUT2D eigenvalue weighted by Crippen LogP contribution is 2.19. The molecule has 0 radical (unpaired) electrons. The van der Waals surface area contributed by atoms with Crippen molar-refractivity contribution in [2.24, 2.45) is 0 Å². The molecule has 116 valence electrons. The topological polar surface area (TPSA) is 29.1 Å². The van der Waals surface area contributed by atoms with Gasteiger partial charge < -0.3 is 5.32 Å². The fourth-order valence-corrected chi connectivity index (χ4v) is 2.46. The van der Waals surface area contributed by atoms with Crippen molar-refractivity contribution >= 4 is 5.78 Å². The number of hydrogen-bond donors (Lipinski definition) is 1. The van der Waals surface area contributed by atoms with Gasteiger partial charge in [0.2, 0.25) is 0 Å². The minimum absolute atomic E-state index is 0.162. The molecule has 0 unspecified atom stereocenters. The van der Waals surface area contributed by atoms with Crippen molar-refractivity contribution in [3.63, 3.8) is 0 Å². The van der Waals surface area contributed by atoms with Gasteiger partial charge in [-0.1, -0.05) is 80.8 Å². The molecular formula is C20H25NO. The highest BCUT2D eigenvalue weighted by Gasteiger charge is 2.05. The SMILES string of the molecule is CCCCCCNCC(=O)c1ccc(-c2ccccc2)cc1. The summed E-state index contributed by atoms with van der Waals surface area (Å²) in [5.41, 5.74) is 3.10. The van der Waals surface area contributed by atoms with Gasteiger partial charge in [0.1, 0.15) is 0 Å². The van der Waals surface area contributed by atoms with Crippen molar-refractivity contribution in [2.75, 3.05) is 13.1 Å². The van der Waals surface area contributed by atoms with E-state index in [9.17, 15) is 4.79 Å². The van der Waals surface area contributed by atoms with Gasteiger partial charge in [-0.05, 0) is 24.1 Å². The Labute approximate surface area is 133 Å². The summed E-state index contributed by atoms with van der Waals surface area (Å²) < 4.78 is 0. The van der Waals surface area contributed by atoms with E-state index in [1.807, 2.05) is 42.5 Å². The maximum absolute atomic E-state index is 12.1. The van der Waals surface area contributed by atoms with Gasteiger partial charge in [0.15, 0.2) is 5.78 Å². The summed E-state index contributed by atoms with van der Waals surface area (Å²) in [5, 5.41) is 3.24. The first-order chi connectivity index (χ1) is 10.8. The van der Waals surface area contributed by atoms with Gasteiger partial charge in [-0.25, -0.2) is 0 Å². The zero-order chi connectivity index (χ0) is 15.6. The predicted molar refractivity (Wildman–Crippen MR) is 93.2 cm³/mol. The number of ketones is 1. The molecule has 2 aromatic carbocycles. The number of hydrogen-bond acceptors (Lipinski definition) is 2. The lowest BCUT2D eigenvalue weighted by Crippen LogP contribution is -2.24. The molecule has 0 spiro atoms. The van der Waals surface area contributed by atoms with Gasteiger partial charge in [0.05, 0.1) is 6.54 Å². The van der Waals surface area contributed by atoms with E-state index in [1.54, 1.807) is 0 Å². The lowest BCUT2D eigenvalue weighted by molar-refractivity contribution is 0.0991. The van der Waals surface area contributed by atoms with E-state index in [-0.39, 0.29) is 5.78 Å². The highest BCUT2D eigenvalue weighted by molar-refractivity contribution is 5.98. The van der Waals surface area contributed by atoms with Crippen LogP contribution >= 0.6 is 0 Å². The smallest absolute Gasteiger partial charge is 0.176 e. The van der Waals surface area contributed by atoms with Crippen molar-refractivity contribution in [1.82, 2.24) is 5.32 Å². The van der Waals surface area contributed by atoms with Gasteiger partial charge in [-0.3, -0.25) is 4.79 Å². The Kier molecular flexibility index (Phi) is 6.85. The number of Topliss-reactive ketones (excluding diaryl/α,β-unsaturated/α-hetero) is 1. The number of rotatable bonds is 9. The van der Waals surface area contributed by atoms with Gasteiger partial charge >= 0.3 is 0 Å². The summed E-state index contributed by atoms with van der Waals surface area (Å²) in [7, 11) is 0. The van der Waals surface area contributed by atoms with Crippen LogP contribution in [-0.4, -0.2) is 18.9 Å². The van der Waals surface area contributed by atoms with E-state index < -0.39 is 0 Å². The Morgan fingerprint density at radius 2 is 1.55 bits per heavy atom. The van der Waals surface area contributed by atoms with Crippen LogP contribution in [0, 0.1) is 0 Å². The molecule has 0 saturated carbocycles. The van der Waals surface area contributed by atoms with E-state index in [0.717, 1.165) is 24.1 Å².